The Morgan fingerprint density at radius 3 is 1.40 bits per heavy atom. The van der Waals surface area contributed by atoms with Gasteiger partial charge >= 0.3 is 0 Å². The molecule has 0 saturated heterocycles. The molecule has 0 bridgehead atoms. The van der Waals surface area contributed by atoms with Gasteiger partial charge in [0.25, 0.3) is 0 Å². The molecule has 0 amide bonds. The Morgan fingerprint density at radius 2 is 1.40 bits per heavy atom. The average Bonchev–Trinajstić information content (AvgIpc) is 1.91. The zero-order valence-corrected chi connectivity index (χ0v) is 7.00. The molecule has 0 atom stereocenters. The Morgan fingerprint density at radius 1 is 1.30 bits per heavy atom. The van der Waals surface area contributed by atoms with Crippen molar-refractivity contribution >= 4 is 6.29 Å². The Bertz CT molecular complexity index is 35.8. The van der Waals surface area contributed by atoms with Crippen LogP contribution < -0.4 is 0 Å². The molecule has 0 aliphatic rings. The summed E-state index contributed by atoms with van der Waals surface area (Å²) in [6.45, 7) is 5.62. The van der Waals surface area contributed by atoms with Crippen molar-refractivity contribution in [2.45, 2.75) is 27.2 Å². The van der Waals surface area contributed by atoms with Crippen LogP contribution in [0.5, 0.6) is 0 Å². The van der Waals surface area contributed by atoms with Crippen LogP contribution in [-0.2, 0) is 4.79 Å². The van der Waals surface area contributed by atoms with E-state index in [1.54, 1.807) is 6.92 Å². The van der Waals surface area contributed by atoms with Crippen LogP contribution in [0.2, 0.25) is 0 Å². The standard InChI is InChI=1S/C3H8O.C2H6O.C2H4O/c1-2-3-4;2*1-2-3/h4H,2-3H2,1H3;3H,2H2,1H3;2H,1H3. The largest absolute Gasteiger partial charge is 0.397 e. The maximum Gasteiger partial charge on any atom is 0.116 e. The number of hydrogen-bond donors (Lipinski definition) is 2. The number of aldehydes is 1. The van der Waals surface area contributed by atoms with Crippen molar-refractivity contribution in [3.05, 3.63) is 0 Å². The molecule has 0 heterocycles. The van der Waals surface area contributed by atoms with Crippen LogP contribution in [0.15, 0.2) is 0 Å². The van der Waals surface area contributed by atoms with Crippen LogP contribution in [0.1, 0.15) is 27.2 Å². The molecule has 0 aromatic carbocycles. The lowest BCUT2D eigenvalue weighted by Crippen LogP contribution is -1.69. The molecule has 2 N–H and O–H groups in total. The molecule has 0 aromatic rings. The highest BCUT2D eigenvalue weighted by molar-refractivity contribution is 5.44. The molecular weight excluding hydrogens is 132 g/mol. The minimum Gasteiger partial charge on any atom is -0.397 e. The normalized spacial score (nSPS) is 6.10. The highest BCUT2D eigenvalue weighted by Crippen LogP contribution is 1.61. The summed E-state index contributed by atoms with van der Waals surface area (Å²) in [6, 6.07) is 0. The van der Waals surface area contributed by atoms with Gasteiger partial charge in [0.1, 0.15) is 6.29 Å². The first kappa shape index (κ1) is 16.3. The lowest BCUT2D eigenvalue weighted by atomic mass is 10.5. The average molecular weight is 150 g/mol. The number of aliphatic hydroxyl groups excluding tert-OH is 2. The minimum absolute atomic E-state index is 0.250. The van der Waals surface area contributed by atoms with Crippen molar-refractivity contribution in [3.63, 3.8) is 0 Å². The summed E-state index contributed by atoms with van der Waals surface area (Å²) < 4.78 is 0. The van der Waals surface area contributed by atoms with Gasteiger partial charge in [0.05, 0.1) is 0 Å². The lowest BCUT2D eigenvalue weighted by molar-refractivity contribution is -0.106. The maximum atomic E-state index is 8.81. The van der Waals surface area contributed by atoms with Gasteiger partial charge in [0.2, 0.25) is 0 Å². The summed E-state index contributed by atoms with van der Waals surface area (Å²) in [5.41, 5.74) is 0. The van der Waals surface area contributed by atoms with E-state index in [-0.39, 0.29) is 6.61 Å². The van der Waals surface area contributed by atoms with Crippen molar-refractivity contribution in [1.29, 1.82) is 0 Å². The highest BCUT2D eigenvalue weighted by Gasteiger charge is 1.57. The molecule has 0 aliphatic carbocycles. The monoisotopic (exact) mass is 150 g/mol. The summed E-state index contributed by atoms with van der Waals surface area (Å²) in [6.07, 6.45) is 1.62. The maximum absolute atomic E-state index is 8.81. The van der Waals surface area contributed by atoms with E-state index in [0.717, 1.165) is 12.7 Å². The van der Waals surface area contributed by atoms with E-state index in [9.17, 15) is 0 Å². The predicted molar refractivity (Wildman–Crippen MR) is 41.9 cm³/mol. The van der Waals surface area contributed by atoms with Crippen LogP contribution in [0.25, 0.3) is 0 Å². The summed E-state index contributed by atoms with van der Waals surface area (Å²) in [4.78, 5) is 8.81. The number of carbonyl (C=O) groups excluding carboxylic acids is 1. The van der Waals surface area contributed by atoms with Gasteiger partial charge in [0.15, 0.2) is 0 Å². The zero-order valence-electron chi connectivity index (χ0n) is 7.00. The minimum atomic E-state index is 0.250. The van der Waals surface area contributed by atoms with Crippen LogP contribution >= 0.6 is 0 Å². The molecule has 0 aliphatic heterocycles. The number of hydrogen-bond acceptors (Lipinski definition) is 3. The summed E-state index contributed by atoms with van der Waals surface area (Å²) in [7, 11) is 0. The van der Waals surface area contributed by atoms with E-state index in [1.807, 2.05) is 6.92 Å². The number of aliphatic hydroxyl groups is 2. The Balaban J connectivity index is -0.0000000750. The molecule has 64 valence electrons. The third kappa shape index (κ3) is 947. The van der Waals surface area contributed by atoms with Gasteiger partial charge in [-0.1, -0.05) is 6.92 Å². The van der Waals surface area contributed by atoms with Crippen molar-refractivity contribution in [1.82, 2.24) is 0 Å². The van der Waals surface area contributed by atoms with E-state index < -0.39 is 0 Å². The van der Waals surface area contributed by atoms with Gasteiger partial charge in [0, 0.05) is 13.2 Å². The van der Waals surface area contributed by atoms with Gasteiger partial charge in [-0.15, -0.1) is 0 Å². The summed E-state index contributed by atoms with van der Waals surface area (Å²) in [5.74, 6) is 0. The summed E-state index contributed by atoms with van der Waals surface area (Å²) >= 11 is 0. The third-order valence-corrected chi connectivity index (χ3v) is 0.224. The quantitative estimate of drug-likeness (QED) is 0.538. The predicted octanol–water partition coefficient (Wildman–Crippen LogP) is 0.593. The number of rotatable bonds is 1. The first-order chi connectivity index (χ1) is 4.74. The smallest absolute Gasteiger partial charge is 0.116 e. The molecule has 0 saturated carbocycles. The Labute approximate surface area is 62.7 Å². The first-order valence-corrected chi connectivity index (χ1v) is 3.36. The zero-order chi connectivity index (χ0) is 8.83. The highest BCUT2D eigenvalue weighted by atomic mass is 16.3. The molecule has 3 nitrogen and oxygen atoms in total. The fourth-order valence-corrected chi connectivity index (χ4v) is 0. The lowest BCUT2D eigenvalue weighted by Gasteiger charge is -1.69. The fourth-order valence-electron chi connectivity index (χ4n) is 0. The van der Waals surface area contributed by atoms with E-state index in [4.69, 9.17) is 15.0 Å². The molecule has 0 fully saturated rings. The molecule has 0 rings (SSSR count). The van der Waals surface area contributed by atoms with Gasteiger partial charge in [-0.2, -0.15) is 0 Å². The van der Waals surface area contributed by atoms with Gasteiger partial charge < -0.3 is 15.0 Å². The van der Waals surface area contributed by atoms with E-state index in [2.05, 4.69) is 0 Å². The van der Waals surface area contributed by atoms with Crippen LogP contribution in [0.4, 0.5) is 0 Å². The molecule has 0 spiro atoms. The fraction of sp³-hybridized carbons (Fsp3) is 0.857. The summed E-state index contributed by atoms with van der Waals surface area (Å²) in [5, 5.41) is 15.4. The Kier molecular flexibility index (Phi) is 62.6. The molecule has 0 unspecified atom stereocenters. The topological polar surface area (TPSA) is 57.5 Å². The third-order valence-electron chi connectivity index (χ3n) is 0.224. The Hall–Kier alpha value is -0.410. The van der Waals surface area contributed by atoms with E-state index in [1.165, 1.54) is 6.92 Å². The molecular formula is C7H18O3. The molecule has 10 heavy (non-hydrogen) atoms. The molecule has 3 heteroatoms. The van der Waals surface area contributed by atoms with Crippen molar-refractivity contribution in [3.8, 4) is 0 Å². The number of carbonyl (C=O) groups is 1. The van der Waals surface area contributed by atoms with Crippen LogP contribution in [0.3, 0.4) is 0 Å². The SMILES string of the molecule is CC=O.CCCO.CCO. The second kappa shape index (κ2) is 38.4. The van der Waals surface area contributed by atoms with Crippen molar-refractivity contribution in [2.24, 2.45) is 0 Å². The van der Waals surface area contributed by atoms with E-state index in [0.29, 0.717) is 6.61 Å². The van der Waals surface area contributed by atoms with Gasteiger partial charge in [-0.05, 0) is 20.3 Å². The van der Waals surface area contributed by atoms with Gasteiger partial charge in [-0.3, -0.25) is 0 Å². The molecule has 0 aromatic heterocycles. The molecule has 0 radical (unpaired) electrons. The van der Waals surface area contributed by atoms with E-state index >= 15 is 0 Å². The second-order valence-corrected chi connectivity index (χ2v) is 1.28. The van der Waals surface area contributed by atoms with Gasteiger partial charge in [-0.25, -0.2) is 0 Å². The first-order valence-electron chi connectivity index (χ1n) is 3.36. The van der Waals surface area contributed by atoms with Crippen LogP contribution in [-0.4, -0.2) is 29.7 Å². The van der Waals surface area contributed by atoms with Crippen LogP contribution in [0, 0.1) is 0 Å². The second-order valence-electron chi connectivity index (χ2n) is 1.28. The van der Waals surface area contributed by atoms with Crippen molar-refractivity contribution in [2.75, 3.05) is 13.2 Å². The van der Waals surface area contributed by atoms with Crippen molar-refractivity contribution < 1.29 is 15.0 Å².